The topological polar surface area (TPSA) is 59.6 Å². The first-order chi connectivity index (χ1) is 13.7. The van der Waals surface area contributed by atoms with Crippen LogP contribution in [0.2, 0.25) is 0 Å². The SMILES string of the molecule is C#CCOc1ccc(CCNC(=O)Nc2cccc(COCC3CC3)c2)cc1. The van der Waals surface area contributed by atoms with Crippen LogP contribution in [0.4, 0.5) is 10.5 Å². The Morgan fingerprint density at radius 3 is 2.71 bits per heavy atom. The maximum absolute atomic E-state index is 12.1. The van der Waals surface area contributed by atoms with Crippen LogP contribution in [-0.2, 0) is 17.8 Å². The third kappa shape index (κ3) is 6.98. The maximum atomic E-state index is 12.1. The monoisotopic (exact) mass is 378 g/mol. The van der Waals surface area contributed by atoms with Gasteiger partial charge in [-0.05, 0) is 60.6 Å². The third-order valence-corrected chi connectivity index (χ3v) is 4.45. The maximum Gasteiger partial charge on any atom is 0.319 e. The third-order valence-electron chi connectivity index (χ3n) is 4.45. The molecule has 0 spiro atoms. The molecule has 1 fully saturated rings. The number of benzene rings is 2. The van der Waals surface area contributed by atoms with Crippen molar-refractivity contribution in [1.82, 2.24) is 5.32 Å². The van der Waals surface area contributed by atoms with Crippen LogP contribution in [0, 0.1) is 18.3 Å². The van der Waals surface area contributed by atoms with E-state index in [0.717, 1.165) is 41.5 Å². The lowest BCUT2D eigenvalue weighted by molar-refractivity contribution is 0.111. The van der Waals surface area contributed by atoms with E-state index in [1.165, 1.54) is 12.8 Å². The zero-order valence-electron chi connectivity index (χ0n) is 15.9. The second-order valence-electron chi connectivity index (χ2n) is 6.93. The fourth-order valence-electron chi connectivity index (χ4n) is 2.74. The van der Waals surface area contributed by atoms with Crippen LogP contribution in [0.25, 0.3) is 0 Å². The molecule has 28 heavy (non-hydrogen) atoms. The average molecular weight is 378 g/mol. The molecule has 0 heterocycles. The molecule has 146 valence electrons. The number of urea groups is 1. The summed E-state index contributed by atoms with van der Waals surface area (Å²) in [7, 11) is 0. The van der Waals surface area contributed by atoms with Crippen molar-refractivity contribution >= 4 is 11.7 Å². The highest BCUT2D eigenvalue weighted by molar-refractivity contribution is 5.89. The van der Waals surface area contributed by atoms with Gasteiger partial charge in [0.1, 0.15) is 12.4 Å². The Labute approximate surface area is 166 Å². The first-order valence-corrected chi connectivity index (χ1v) is 9.59. The predicted molar refractivity (Wildman–Crippen MR) is 110 cm³/mol. The van der Waals surface area contributed by atoms with E-state index in [1.807, 2.05) is 48.5 Å². The number of hydrogen-bond acceptors (Lipinski definition) is 3. The Hall–Kier alpha value is -2.97. The molecule has 2 N–H and O–H groups in total. The summed E-state index contributed by atoms with van der Waals surface area (Å²) in [5.74, 6) is 3.93. The van der Waals surface area contributed by atoms with Gasteiger partial charge in [-0.3, -0.25) is 0 Å². The quantitative estimate of drug-likeness (QED) is 0.615. The molecular weight excluding hydrogens is 352 g/mol. The highest BCUT2D eigenvalue weighted by atomic mass is 16.5. The summed E-state index contributed by atoms with van der Waals surface area (Å²) in [5, 5.41) is 5.74. The van der Waals surface area contributed by atoms with E-state index in [0.29, 0.717) is 13.2 Å². The zero-order valence-corrected chi connectivity index (χ0v) is 15.9. The van der Waals surface area contributed by atoms with Crippen LogP contribution in [0.15, 0.2) is 48.5 Å². The molecule has 0 unspecified atom stereocenters. The van der Waals surface area contributed by atoms with E-state index in [9.17, 15) is 4.79 Å². The fourth-order valence-corrected chi connectivity index (χ4v) is 2.74. The predicted octanol–water partition coefficient (Wildman–Crippen LogP) is 3.99. The summed E-state index contributed by atoms with van der Waals surface area (Å²) < 4.78 is 11.0. The van der Waals surface area contributed by atoms with Crippen LogP contribution in [0.5, 0.6) is 5.75 Å². The lowest BCUT2D eigenvalue weighted by Gasteiger charge is -2.10. The van der Waals surface area contributed by atoms with E-state index >= 15 is 0 Å². The van der Waals surface area contributed by atoms with Gasteiger partial charge in [-0.25, -0.2) is 4.79 Å². The van der Waals surface area contributed by atoms with E-state index in [2.05, 4.69) is 16.6 Å². The largest absolute Gasteiger partial charge is 0.481 e. The summed E-state index contributed by atoms with van der Waals surface area (Å²) in [6.07, 6.45) is 8.47. The van der Waals surface area contributed by atoms with Crippen LogP contribution in [0.3, 0.4) is 0 Å². The fraction of sp³-hybridized carbons (Fsp3) is 0.348. The summed E-state index contributed by atoms with van der Waals surface area (Å²) in [4.78, 5) is 12.1. The number of ether oxygens (including phenoxy) is 2. The Bertz CT molecular complexity index is 807. The standard InChI is InChI=1S/C23H26N2O3/c1-2-14-28-22-10-8-18(9-11-22)12-13-24-23(26)25-21-5-3-4-20(15-21)17-27-16-19-6-7-19/h1,3-5,8-11,15,19H,6-7,12-14,16-17H2,(H2,24,25,26). The van der Waals surface area contributed by atoms with Gasteiger partial charge in [-0.15, -0.1) is 6.42 Å². The molecule has 0 atom stereocenters. The molecule has 2 aromatic carbocycles. The highest BCUT2D eigenvalue weighted by Gasteiger charge is 2.21. The van der Waals surface area contributed by atoms with Gasteiger partial charge in [-0.2, -0.15) is 0 Å². The van der Waals surface area contributed by atoms with Gasteiger partial charge in [0.15, 0.2) is 0 Å². The minimum Gasteiger partial charge on any atom is -0.481 e. The molecule has 2 amide bonds. The molecule has 3 rings (SSSR count). The summed E-state index contributed by atoms with van der Waals surface area (Å²) in [6.45, 7) is 2.21. The normalized spacial score (nSPS) is 12.8. The van der Waals surface area contributed by atoms with E-state index in [4.69, 9.17) is 15.9 Å². The molecule has 5 heteroatoms. The number of nitrogens with one attached hydrogen (secondary N) is 2. The Balaban J connectivity index is 1.37. The summed E-state index contributed by atoms with van der Waals surface area (Å²) >= 11 is 0. The van der Waals surface area contributed by atoms with E-state index in [-0.39, 0.29) is 12.6 Å². The van der Waals surface area contributed by atoms with Gasteiger partial charge < -0.3 is 20.1 Å². The highest BCUT2D eigenvalue weighted by Crippen LogP contribution is 2.29. The van der Waals surface area contributed by atoms with Gasteiger partial charge in [0.2, 0.25) is 0 Å². The Morgan fingerprint density at radius 2 is 1.96 bits per heavy atom. The average Bonchev–Trinajstić information content (AvgIpc) is 3.52. The number of amides is 2. The zero-order chi connectivity index (χ0) is 19.6. The molecule has 0 bridgehead atoms. The second-order valence-corrected chi connectivity index (χ2v) is 6.93. The van der Waals surface area contributed by atoms with Crippen molar-refractivity contribution in [3.8, 4) is 18.1 Å². The molecule has 0 aliphatic heterocycles. The minimum atomic E-state index is -0.218. The molecular formula is C23H26N2O3. The van der Waals surface area contributed by atoms with Crippen molar-refractivity contribution in [2.24, 2.45) is 5.92 Å². The summed E-state index contributed by atoms with van der Waals surface area (Å²) in [5.41, 5.74) is 2.94. The van der Waals surface area contributed by atoms with Crippen molar-refractivity contribution in [3.05, 3.63) is 59.7 Å². The molecule has 1 saturated carbocycles. The number of hydrogen-bond donors (Lipinski definition) is 2. The van der Waals surface area contributed by atoms with Crippen LogP contribution < -0.4 is 15.4 Å². The molecule has 1 aliphatic rings. The Morgan fingerprint density at radius 1 is 1.14 bits per heavy atom. The number of anilines is 1. The van der Waals surface area contributed by atoms with E-state index in [1.54, 1.807) is 0 Å². The molecule has 0 aromatic heterocycles. The number of carbonyl (C=O) groups excluding carboxylic acids is 1. The number of rotatable bonds is 10. The molecule has 0 saturated heterocycles. The number of carbonyl (C=O) groups is 1. The molecule has 5 nitrogen and oxygen atoms in total. The van der Waals surface area contributed by atoms with Gasteiger partial charge in [-0.1, -0.05) is 30.2 Å². The van der Waals surface area contributed by atoms with E-state index < -0.39 is 0 Å². The lowest BCUT2D eigenvalue weighted by atomic mass is 10.1. The first-order valence-electron chi connectivity index (χ1n) is 9.59. The summed E-state index contributed by atoms with van der Waals surface area (Å²) in [6, 6.07) is 15.2. The smallest absolute Gasteiger partial charge is 0.319 e. The van der Waals surface area contributed by atoms with Crippen LogP contribution in [-0.4, -0.2) is 25.8 Å². The molecule has 2 aromatic rings. The Kier molecular flexibility index (Phi) is 7.34. The van der Waals surface area contributed by atoms with Crippen molar-refractivity contribution in [3.63, 3.8) is 0 Å². The first kappa shape index (κ1) is 19.8. The van der Waals surface area contributed by atoms with Crippen LogP contribution in [0.1, 0.15) is 24.0 Å². The molecule has 0 radical (unpaired) electrons. The second kappa shape index (κ2) is 10.4. The number of terminal acetylenes is 1. The van der Waals surface area contributed by atoms with Crippen LogP contribution >= 0.6 is 0 Å². The van der Waals surface area contributed by atoms with Gasteiger partial charge in [0.05, 0.1) is 6.61 Å². The van der Waals surface area contributed by atoms with Crippen molar-refractivity contribution < 1.29 is 14.3 Å². The van der Waals surface area contributed by atoms with Gasteiger partial charge in [0, 0.05) is 18.8 Å². The van der Waals surface area contributed by atoms with Crippen molar-refractivity contribution in [1.29, 1.82) is 0 Å². The van der Waals surface area contributed by atoms with Gasteiger partial charge in [0.25, 0.3) is 0 Å². The lowest BCUT2D eigenvalue weighted by Crippen LogP contribution is -2.30. The van der Waals surface area contributed by atoms with Gasteiger partial charge >= 0.3 is 6.03 Å². The molecule has 1 aliphatic carbocycles. The van der Waals surface area contributed by atoms with Crippen molar-refractivity contribution in [2.75, 3.05) is 25.1 Å². The minimum absolute atomic E-state index is 0.218. The van der Waals surface area contributed by atoms with Crippen molar-refractivity contribution in [2.45, 2.75) is 25.9 Å².